The molecule has 2 aromatic heterocycles. The number of hydrogen-bond acceptors (Lipinski definition) is 6. The Morgan fingerprint density at radius 2 is 2.04 bits per heavy atom. The van der Waals surface area contributed by atoms with Crippen LogP contribution in [0, 0.1) is 5.92 Å². The number of aliphatic hydroxyl groups is 1. The van der Waals surface area contributed by atoms with Gasteiger partial charge in [-0.15, -0.1) is 0 Å². The van der Waals surface area contributed by atoms with Crippen molar-refractivity contribution in [1.29, 1.82) is 0 Å². The van der Waals surface area contributed by atoms with Crippen LogP contribution in [0.15, 0.2) is 42.7 Å². The molecular formula is C20H22N6O. The van der Waals surface area contributed by atoms with Gasteiger partial charge in [-0.3, -0.25) is 0 Å². The fourth-order valence-electron chi connectivity index (χ4n) is 3.85. The molecule has 0 saturated heterocycles. The van der Waals surface area contributed by atoms with Crippen LogP contribution in [0.3, 0.4) is 0 Å². The molecule has 0 bridgehead atoms. The second-order valence-corrected chi connectivity index (χ2v) is 7.37. The first-order valence-electron chi connectivity index (χ1n) is 9.38. The number of para-hydroxylation sites is 1. The molecule has 1 fully saturated rings. The summed E-state index contributed by atoms with van der Waals surface area (Å²) in [5.74, 6) is 1.65. The van der Waals surface area contributed by atoms with Gasteiger partial charge in [-0.05, 0) is 36.8 Å². The molecule has 0 amide bonds. The maximum absolute atomic E-state index is 9.39. The van der Waals surface area contributed by atoms with Crippen molar-refractivity contribution in [3.8, 4) is 0 Å². The summed E-state index contributed by atoms with van der Waals surface area (Å²) in [4.78, 5) is 13.4. The predicted molar refractivity (Wildman–Crippen MR) is 105 cm³/mol. The molecule has 0 aliphatic heterocycles. The van der Waals surface area contributed by atoms with Crippen LogP contribution in [0.5, 0.6) is 0 Å². The Balaban J connectivity index is 1.53. The zero-order valence-electron chi connectivity index (χ0n) is 14.9. The Morgan fingerprint density at radius 1 is 1.19 bits per heavy atom. The summed E-state index contributed by atoms with van der Waals surface area (Å²) in [5, 5.41) is 12.8. The molecule has 2 heterocycles. The number of anilines is 3. The molecule has 27 heavy (non-hydrogen) atoms. The Hall–Kier alpha value is -2.93. The minimum Gasteiger partial charge on any atom is -0.396 e. The standard InChI is InChI=1S/C20H22N6O/c21-20-24-18(23-16-4-2-1-3-15(16)13-6-7-13)17-19(25-20)26(11-22-17)14-8-5-12(9-14)10-27/h1-5,8,11-14,27H,6-7,9-10H2,(H3,21,23,24,25)/t12-,14+/m1/s1. The van der Waals surface area contributed by atoms with E-state index >= 15 is 0 Å². The Kier molecular flexibility index (Phi) is 3.82. The van der Waals surface area contributed by atoms with E-state index in [2.05, 4.69) is 44.5 Å². The number of nitrogens with zero attached hydrogens (tertiary/aromatic N) is 4. The van der Waals surface area contributed by atoms with Gasteiger partial charge in [0, 0.05) is 18.2 Å². The van der Waals surface area contributed by atoms with E-state index < -0.39 is 0 Å². The number of nitrogens with one attached hydrogen (secondary N) is 1. The molecule has 0 radical (unpaired) electrons. The Morgan fingerprint density at radius 3 is 2.81 bits per heavy atom. The zero-order valence-corrected chi connectivity index (χ0v) is 14.9. The van der Waals surface area contributed by atoms with Crippen LogP contribution < -0.4 is 11.1 Å². The molecule has 7 nitrogen and oxygen atoms in total. The molecule has 2 atom stereocenters. The van der Waals surface area contributed by atoms with E-state index in [4.69, 9.17) is 5.73 Å². The van der Waals surface area contributed by atoms with E-state index in [0.29, 0.717) is 22.9 Å². The van der Waals surface area contributed by atoms with Gasteiger partial charge in [0.1, 0.15) is 0 Å². The Bertz CT molecular complexity index is 1020. The van der Waals surface area contributed by atoms with Gasteiger partial charge in [0.25, 0.3) is 0 Å². The van der Waals surface area contributed by atoms with Crippen LogP contribution in [0.4, 0.5) is 17.5 Å². The molecule has 2 aliphatic rings. The van der Waals surface area contributed by atoms with Crippen molar-refractivity contribution in [3.05, 3.63) is 48.3 Å². The van der Waals surface area contributed by atoms with Crippen molar-refractivity contribution in [1.82, 2.24) is 19.5 Å². The number of aliphatic hydroxyl groups excluding tert-OH is 1. The van der Waals surface area contributed by atoms with Gasteiger partial charge in [0.15, 0.2) is 17.0 Å². The second kappa shape index (κ2) is 6.35. The largest absolute Gasteiger partial charge is 0.396 e. The highest BCUT2D eigenvalue weighted by molar-refractivity contribution is 5.87. The highest BCUT2D eigenvalue weighted by Crippen LogP contribution is 2.44. The lowest BCUT2D eigenvalue weighted by Crippen LogP contribution is -2.09. The molecule has 1 saturated carbocycles. The molecule has 7 heteroatoms. The van der Waals surface area contributed by atoms with Crippen LogP contribution in [-0.4, -0.2) is 31.2 Å². The lowest BCUT2D eigenvalue weighted by atomic mass is 10.1. The molecule has 3 aromatic rings. The van der Waals surface area contributed by atoms with E-state index in [0.717, 1.165) is 12.1 Å². The fourth-order valence-corrected chi connectivity index (χ4v) is 3.85. The molecule has 1 aromatic carbocycles. The van der Waals surface area contributed by atoms with Crippen molar-refractivity contribution < 1.29 is 5.11 Å². The average molecular weight is 362 g/mol. The highest BCUT2D eigenvalue weighted by atomic mass is 16.3. The minimum atomic E-state index is 0.119. The zero-order chi connectivity index (χ0) is 18.4. The molecular weight excluding hydrogens is 340 g/mol. The monoisotopic (exact) mass is 362 g/mol. The van der Waals surface area contributed by atoms with Gasteiger partial charge in [0.05, 0.1) is 12.4 Å². The third-order valence-electron chi connectivity index (χ3n) is 5.41. The van der Waals surface area contributed by atoms with Gasteiger partial charge >= 0.3 is 0 Å². The summed E-state index contributed by atoms with van der Waals surface area (Å²) in [5.41, 5.74) is 9.78. The molecule has 0 spiro atoms. The number of allylic oxidation sites excluding steroid dienone is 1. The molecule has 2 aliphatic carbocycles. The number of benzene rings is 1. The summed E-state index contributed by atoms with van der Waals surface area (Å²) in [6, 6.07) is 8.45. The van der Waals surface area contributed by atoms with Crippen molar-refractivity contribution in [3.63, 3.8) is 0 Å². The molecule has 5 rings (SSSR count). The van der Waals surface area contributed by atoms with Gasteiger partial charge in [0.2, 0.25) is 5.95 Å². The van der Waals surface area contributed by atoms with E-state index in [1.807, 2.05) is 16.7 Å². The number of nitrogen functional groups attached to an aromatic ring is 1. The first-order valence-corrected chi connectivity index (χ1v) is 9.38. The average Bonchev–Trinajstić information content (AvgIpc) is 3.25. The van der Waals surface area contributed by atoms with Crippen molar-refractivity contribution >= 4 is 28.6 Å². The van der Waals surface area contributed by atoms with Gasteiger partial charge in [-0.25, -0.2) is 4.98 Å². The van der Waals surface area contributed by atoms with E-state index in [-0.39, 0.29) is 24.5 Å². The van der Waals surface area contributed by atoms with E-state index in [1.165, 1.54) is 18.4 Å². The van der Waals surface area contributed by atoms with Crippen LogP contribution >= 0.6 is 0 Å². The summed E-state index contributed by atoms with van der Waals surface area (Å²) in [6.45, 7) is 0.154. The van der Waals surface area contributed by atoms with Crippen molar-refractivity contribution in [2.45, 2.75) is 31.2 Å². The third kappa shape index (κ3) is 2.94. The second-order valence-electron chi connectivity index (χ2n) is 7.37. The number of rotatable bonds is 5. The lowest BCUT2D eigenvalue weighted by molar-refractivity contribution is 0.244. The number of fused-ring (bicyclic) bond motifs is 1. The van der Waals surface area contributed by atoms with Crippen LogP contribution in [0.1, 0.15) is 36.8 Å². The fraction of sp³-hybridized carbons (Fsp3) is 0.350. The van der Waals surface area contributed by atoms with Crippen molar-refractivity contribution in [2.75, 3.05) is 17.7 Å². The predicted octanol–water partition coefficient (Wildman–Crippen LogP) is 3.14. The number of nitrogens with two attached hydrogens (primary N) is 1. The molecule has 138 valence electrons. The lowest BCUT2D eigenvalue weighted by Gasteiger charge is -2.14. The first-order chi connectivity index (χ1) is 13.2. The third-order valence-corrected chi connectivity index (χ3v) is 5.41. The van der Waals surface area contributed by atoms with Gasteiger partial charge in [-0.2, -0.15) is 9.97 Å². The Labute approximate surface area is 157 Å². The summed E-state index contributed by atoms with van der Waals surface area (Å²) < 4.78 is 2.01. The topological polar surface area (TPSA) is 102 Å². The quantitative estimate of drug-likeness (QED) is 0.603. The van der Waals surface area contributed by atoms with Gasteiger partial charge < -0.3 is 20.7 Å². The van der Waals surface area contributed by atoms with Crippen LogP contribution in [0.25, 0.3) is 11.2 Å². The number of aromatic nitrogens is 4. The van der Waals surface area contributed by atoms with Crippen molar-refractivity contribution in [2.24, 2.45) is 5.92 Å². The number of hydrogen-bond donors (Lipinski definition) is 3. The summed E-state index contributed by atoms with van der Waals surface area (Å²) in [7, 11) is 0. The van der Waals surface area contributed by atoms with Crippen LogP contribution in [-0.2, 0) is 0 Å². The smallest absolute Gasteiger partial charge is 0.224 e. The highest BCUT2D eigenvalue weighted by Gasteiger charge is 2.27. The first kappa shape index (κ1) is 16.3. The molecule has 4 N–H and O–H groups in total. The molecule has 0 unspecified atom stereocenters. The van der Waals surface area contributed by atoms with Crippen LogP contribution in [0.2, 0.25) is 0 Å². The SMILES string of the molecule is Nc1nc(Nc2ccccc2C2CC2)c2ncn([C@H]3C=C[C@@H](CO)C3)c2n1. The summed E-state index contributed by atoms with van der Waals surface area (Å²) in [6.07, 6.45) is 9.22. The summed E-state index contributed by atoms with van der Waals surface area (Å²) >= 11 is 0. The maximum atomic E-state index is 9.39. The minimum absolute atomic E-state index is 0.119. The number of imidazole rings is 1. The maximum Gasteiger partial charge on any atom is 0.224 e. The van der Waals surface area contributed by atoms with E-state index in [9.17, 15) is 5.11 Å². The van der Waals surface area contributed by atoms with E-state index in [1.54, 1.807) is 6.33 Å². The van der Waals surface area contributed by atoms with Gasteiger partial charge in [-0.1, -0.05) is 30.4 Å². The normalized spacial score (nSPS) is 21.8.